The molecular formula is C28H18N2. The highest BCUT2D eigenvalue weighted by molar-refractivity contribution is 6.19. The molecule has 30 heavy (non-hydrogen) atoms. The zero-order valence-electron chi connectivity index (χ0n) is 16.3. The van der Waals surface area contributed by atoms with Crippen LogP contribution < -0.4 is 0 Å². The summed E-state index contributed by atoms with van der Waals surface area (Å²) < 4.78 is 0. The van der Waals surface area contributed by atoms with Gasteiger partial charge in [-0.05, 0) is 84.0 Å². The first-order valence-electron chi connectivity index (χ1n) is 9.85. The Kier molecular flexibility index (Phi) is 4.78. The van der Waals surface area contributed by atoms with Crippen molar-refractivity contribution in [1.29, 1.82) is 0 Å². The van der Waals surface area contributed by atoms with Gasteiger partial charge in [0.1, 0.15) is 0 Å². The number of nitrogens with zero attached hydrogens (tertiary/aromatic N) is 2. The maximum atomic E-state index is 4.70. The Morgan fingerprint density at radius 1 is 0.467 bits per heavy atom. The number of hydrogen-bond donors (Lipinski definition) is 0. The van der Waals surface area contributed by atoms with Gasteiger partial charge in [0, 0.05) is 11.1 Å². The number of benzene rings is 2. The predicted molar refractivity (Wildman–Crippen MR) is 127 cm³/mol. The second kappa shape index (κ2) is 8.03. The van der Waals surface area contributed by atoms with Gasteiger partial charge < -0.3 is 0 Å². The third-order valence-electron chi connectivity index (χ3n) is 4.92. The van der Waals surface area contributed by atoms with E-state index >= 15 is 0 Å². The molecule has 0 N–H and O–H groups in total. The van der Waals surface area contributed by atoms with Crippen molar-refractivity contribution >= 4 is 33.9 Å². The van der Waals surface area contributed by atoms with Crippen LogP contribution in [0.25, 0.3) is 11.1 Å². The summed E-state index contributed by atoms with van der Waals surface area (Å²) in [4.78, 5) is 9.39. The van der Waals surface area contributed by atoms with E-state index in [9.17, 15) is 0 Å². The summed E-state index contributed by atoms with van der Waals surface area (Å²) in [6.45, 7) is 0. The van der Waals surface area contributed by atoms with Gasteiger partial charge in [-0.25, -0.2) is 9.98 Å². The molecule has 5 rings (SSSR count). The third-order valence-corrected chi connectivity index (χ3v) is 4.92. The third kappa shape index (κ3) is 3.97. The van der Waals surface area contributed by atoms with E-state index in [-0.39, 0.29) is 0 Å². The van der Waals surface area contributed by atoms with E-state index in [1.54, 1.807) is 0 Å². The van der Waals surface area contributed by atoms with Gasteiger partial charge in [-0.15, -0.1) is 11.5 Å². The van der Waals surface area contributed by atoms with Gasteiger partial charge in [-0.1, -0.05) is 36.4 Å². The van der Waals surface area contributed by atoms with E-state index in [4.69, 9.17) is 9.98 Å². The molecular weight excluding hydrogens is 364 g/mol. The second-order valence-electron chi connectivity index (χ2n) is 7.00. The average molecular weight is 382 g/mol. The van der Waals surface area contributed by atoms with Crippen LogP contribution in [0.2, 0.25) is 0 Å². The molecule has 2 aromatic rings. The molecule has 0 saturated heterocycles. The highest BCUT2D eigenvalue weighted by Crippen LogP contribution is 2.23. The Morgan fingerprint density at radius 3 is 1.20 bits per heavy atom. The predicted octanol–water partition coefficient (Wildman–Crippen LogP) is 6.87. The number of allylic oxidation sites excluding steroid dienone is 10. The Balaban J connectivity index is 1.28. The van der Waals surface area contributed by atoms with E-state index in [1.807, 2.05) is 72.9 Å². The van der Waals surface area contributed by atoms with Crippen molar-refractivity contribution in [3.05, 3.63) is 132 Å². The molecule has 2 aromatic carbocycles. The molecule has 0 aliphatic heterocycles. The standard InChI is InChI=1S/C28H18N2/c1-2-6-21(5-1)23-9-13-25(14-10-23)29-27-17-19-28(20-18-27)30-26-15-11-24(12-16-26)22-7-3-4-8-22/h1-5,7,9-20H. The van der Waals surface area contributed by atoms with Crippen molar-refractivity contribution in [3.8, 4) is 0 Å². The molecule has 3 aliphatic carbocycles. The molecule has 0 heterocycles. The minimum atomic E-state index is 0.906. The molecule has 0 unspecified atom stereocenters. The Labute approximate surface area is 176 Å². The summed E-state index contributed by atoms with van der Waals surface area (Å²) >= 11 is 0. The molecule has 140 valence electrons. The van der Waals surface area contributed by atoms with Crippen LogP contribution in [0.15, 0.2) is 131 Å². The molecule has 0 fully saturated rings. The van der Waals surface area contributed by atoms with E-state index in [1.165, 1.54) is 0 Å². The van der Waals surface area contributed by atoms with Gasteiger partial charge in [0.2, 0.25) is 0 Å². The van der Waals surface area contributed by atoms with Crippen LogP contribution in [-0.4, -0.2) is 11.4 Å². The lowest BCUT2D eigenvalue weighted by atomic mass is 10.1. The van der Waals surface area contributed by atoms with E-state index in [2.05, 4.69) is 47.9 Å². The highest BCUT2D eigenvalue weighted by Gasteiger charge is 2.03. The van der Waals surface area contributed by atoms with Crippen LogP contribution in [-0.2, 0) is 0 Å². The minimum absolute atomic E-state index is 0.906. The molecule has 0 atom stereocenters. The van der Waals surface area contributed by atoms with Gasteiger partial charge in [0.25, 0.3) is 0 Å². The minimum Gasteiger partial charge on any atom is -0.249 e. The summed E-state index contributed by atoms with van der Waals surface area (Å²) in [7, 11) is 0. The van der Waals surface area contributed by atoms with Crippen molar-refractivity contribution in [1.82, 2.24) is 0 Å². The van der Waals surface area contributed by atoms with Crippen LogP contribution in [0, 0.1) is 0 Å². The normalized spacial score (nSPS) is 15.7. The largest absolute Gasteiger partial charge is 0.249 e. The quantitative estimate of drug-likeness (QED) is 0.407. The van der Waals surface area contributed by atoms with E-state index in [0.717, 1.165) is 45.1 Å². The Bertz CT molecular complexity index is 1180. The van der Waals surface area contributed by atoms with Gasteiger partial charge in [-0.3, -0.25) is 0 Å². The maximum absolute atomic E-state index is 4.70. The lowest BCUT2D eigenvalue weighted by Crippen LogP contribution is -1.99. The molecule has 0 aromatic heterocycles. The first-order valence-corrected chi connectivity index (χ1v) is 9.85. The fourth-order valence-corrected chi connectivity index (χ4v) is 3.35. The molecule has 2 heteroatoms. The lowest BCUT2D eigenvalue weighted by molar-refractivity contribution is 1.49. The zero-order valence-corrected chi connectivity index (χ0v) is 16.3. The summed E-state index contributed by atoms with van der Waals surface area (Å²) in [6, 6.07) is 16.4. The summed E-state index contributed by atoms with van der Waals surface area (Å²) in [5, 5.41) is 0. The SMILES string of the molecule is C1=CC=CC=1c1ccc(N=C2C=CC(=Nc3ccc(C4=C=CC=C4)cc3)C=C2)cc1. The van der Waals surface area contributed by atoms with Crippen molar-refractivity contribution < 1.29 is 0 Å². The highest BCUT2D eigenvalue weighted by atomic mass is 14.8. The van der Waals surface area contributed by atoms with Crippen LogP contribution in [0.5, 0.6) is 0 Å². The monoisotopic (exact) mass is 382 g/mol. The second-order valence-corrected chi connectivity index (χ2v) is 7.00. The summed E-state index contributed by atoms with van der Waals surface area (Å²) in [5.41, 5.74) is 14.6. The fraction of sp³-hybridized carbons (Fsp3) is 0. The van der Waals surface area contributed by atoms with Crippen molar-refractivity contribution in [2.45, 2.75) is 0 Å². The topological polar surface area (TPSA) is 24.7 Å². The van der Waals surface area contributed by atoms with Crippen molar-refractivity contribution in [3.63, 3.8) is 0 Å². The molecule has 0 bridgehead atoms. The summed E-state index contributed by atoms with van der Waals surface area (Å²) in [5.74, 6) is 0. The molecule has 2 nitrogen and oxygen atoms in total. The lowest BCUT2D eigenvalue weighted by Gasteiger charge is -2.05. The van der Waals surface area contributed by atoms with Gasteiger partial charge in [-0.2, -0.15) is 0 Å². The van der Waals surface area contributed by atoms with Gasteiger partial charge in [0.05, 0.1) is 22.8 Å². The average Bonchev–Trinajstić information content (AvgIpc) is 3.51. The number of aliphatic imine (C=N–C) groups is 2. The number of hydrogen-bond acceptors (Lipinski definition) is 2. The van der Waals surface area contributed by atoms with Crippen LogP contribution >= 0.6 is 0 Å². The van der Waals surface area contributed by atoms with Gasteiger partial charge in [0.15, 0.2) is 0 Å². The smallest absolute Gasteiger partial charge is 0.0638 e. The fourth-order valence-electron chi connectivity index (χ4n) is 3.35. The maximum Gasteiger partial charge on any atom is 0.0638 e. The summed E-state index contributed by atoms with van der Waals surface area (Å²) in [6.07, 6.45) is 19.9. The Hall–Kier alpha value is -4.22. The van der Waals surface area contributed by atoms with Gasteiger partial charge >= 0.3 is 0 Å². The van der Waals surface area contributed by atoms with Crippen LogP contribution in [0.1, 0.15) is 11.1 Å². The van der Waals surface area contributed by atoms with E-state index < -0.39 is 0 Å². The zero-order chi connectivity index (χ0) is 20.2. The van der Waals surface area contributed by atoms with Crippen molar-refractivity contribution in [2.75, 3.05) is 0 Å². The van der Waals surface area contributed by atoms with Crippen LogP contribution in [0.4, 0.5) is 11.4 Å². The molecule has 0 saturated carbocycles. The molecule has 0 amide bonds. The first kappa shape index (κ1) is 17.8. The number of rotatable bonds is 4. The Morgan fingerprint density at radius 2 is 0.867 bits per heavy atom. The van der Waals surface area contributed by atoms with E-state index in [0.29, 0.717) is 0 Å². The van der Waals surface area contributed by atoms with Crippen molar-refractivity contribution in [2.24, 2.45) is 9.98 Å². The first-order chi connectivity index (χ1) is 14.8. The van der Waals surface area contributed by atoms with Crippen LogP contribution in [0.3, 0.4) is 0 Å². The molecule has 0 spiro atoms. The molecule has 0 radical (unpaired) electrons. The molecule has 3 aliphatic rings.